The fourth-order valence-corrected chi connectivity index (χ4v) is 6.53. The molecule has 0 fully saturated rings. The molecule has 4 aromatic carbocycles. The molecule has 0 aliphatic carbocycles. The first-order chi connectivity index (χ1) is 17.1. The summed E-state index contributed by atoms with van der Waals surface area (Å²) in [6.45, 7) is 4.41. The zero-order valence-corrected chi connectivity index (χ0v) is 26.0. The van der Waals surface area contributed by atoms with Crippen molar-refractivity contribution in [3.63, 3.8) is 0 Å². The Morgan fingerprint density at radius 3 is 1.19 bits per heavy atom. The number of halogens is 4. The molecule has 4 rings (SSSR count). The Morgan fingerprint density at radius 2 is 0.917 bits per heavy atom. The van der Waals surface area contributed by atoms with Gasteiger partial charge in [-0.3, -0.25) is 0 Å². The van der Waals surface area contributed by atoms with Gasteiger partial charge in [0, 0.05) is 16.8 Å². The maximum absolute atomic E-state index is 6.13. The summed E-state index contributed by atoms with van der Waals surface area (Å²) in [6.07, 6.45) is 0.876. The summed E-state index contributed by atoms with van der Waals surface area (Å²) in [5, 5.41) is 0. The number of benzene rings is 4. The monoisotopic (exact) mass is 736 g/mol. The quantitative estimate of drug-likeness (QED) is 0.185. The SMILES string of the molecule is CCC(C)(c1cc(Br)c(Oc2ccc(N)cc2)c(Br)c1)c1cc(Br)c(Oc2ccc(N)cc2)c(Br)c1. The van der Waals surface area contributed by atoms with Gasteiger partial charge < -0.3 is 20.9 Å². The number of anilines is 2. The van der Waals surface area contributed by atoms with Crippen LogP contribution in [-0.2, 0) is 5.41 Å². The van der Waals surface area contributed by atoms with Crippen LogP contribution in [0.4, 0.5) is 11.4 Å². The van der Waals surface area contributed by atoms with Gasteiger partial charge in [-0.1, -0.05) is 13.8 Å². The van der Waals surface area contributed by atoms with Gasteiger partial charge in [-0.15, -0.1) is 0 Å². The highest BCUT2D eigenvalue weighted by atomic mass is 79.9. The molecule has 0 spiro atoms. The van der Waals surface area contributed by atoms with Crippen LogP contribution in [0.15, 0.2) is 90.7 Å². The van der Waals surface area contributed by atoms with Gasteiger partial charge in [-0.2, -0.15) is 0 Å². The van der Waals surface area contributed by atoms with Crippen LogP contribution in [0.5, 0.6) is 23.0 Å². The Labute approximate surface area is 244 Å². The van der Waals surface area contributed by atoms with Crippen LogP contribution in [0.1, 0.15) is 31.4 Å². The summed E-state index contributed by atoms with van der Waals surface area (Å²) in [5.41, 5.74) is 15.0. The lowest BCUT2D eigenvalue weighted by atomic mass is 9.74. The van der Waals surface area contributed by atoms with Crippen LogP contribution in [0.2, 0.25) is 0 Å². The van der Waals surface area contributed by atoms with Gasteiger partial charge in [0.25, 0.3) is 0 Å². The smallest absolute Gasteiger partial charge is 0.155 e. The van der Waals surface area contributed by atoms with E-state index in [0.717, 1.165) is 35.4 Å². The largest absolute Gasteiger partial charge is 0.455 e. The molecule has 186 valence electrons. The molecule has 0 amide bonds. The van der Waals surface area contributed by atoms with Gasteiger partial charge in [0.15, 0.2) is 11.5 Å². The molecule has 4 nitrogen and oxygen atoms in total. The molecule has 0 saturated carbocycles. The van der Waals surface area contributed by atoms with Crippen molar-refractivity contribution in [2.45, 2.75) is 25.7 Å². The number of rotatable bonds is 7. The van der Waals surface area contributed by atoms with Gasteiger partial charge in [-0.25, -0.2) is 0 Å². The molecule has 0 aliphatic rings. The second kappa shape index (κ2) is 11.2. The van der Waals surface area contributed by atoms with Crippen LogP contribution in [0, 0.1) is 0 Å². The number of ether oxygens (including phenoxy) is 2. The third kappa shape index (κ3) is 5.77. The van der Waals surface area contributed by atoms with Crippen molar-refractivity contribution in [2.75, 3.05) is 11.5 Å². The van der Waals surface area contributed by atoms with Crippen molar-refractivity contribution in [3.05, 3.63) is 102 Å². The van der Waals surface area contributed by atoms with Crippen LogP contribution in [0.3, 0.4) is 0 Å². The Kier molecular flexibility index (Phi) is 8.39. The molecule has 0 radical (unpaired) electrons. The summed E-state index contributed by atoms with van der Waals surface area (Å²) in [7, 11) is 0. The standard InChI is InChI=1S/C28H24Br4N2O2/c1-3-28(2,16-12-22(29)26(23(30)13-16)35-20-8-4-18(33)5-9-20)17-14-24(31)27(25(32)15-17)36-21-10-6-19(34)7-11-21/h4-15H,3,33-34H2,1-2H3. The molecule has 36 heavy (non-hydrogen) atoms. The van der Waals surface area contributed by atoms with E-state index in [1.54, 1.807) is 0 Å². The Morgan fingerprint density at radius 1 is 0.611 bits per heavy atom. The minimum absolute atomic E-state index is 0.282. The molecule has 0 bridgehead atoms. The van der Waals surface area contributed by atoms with Crippen molar-refractivity contribution in [2.24, 2.45) is 0 Å². The molecular weight excluding hydrogens is 716 g/mol. The van der Waals surface area contributed by atoms with E-state index in [1.165, 1.54) is 0 Å². The average Bonchev–Trinajstić information content (AvgIpc) is 2.85. The Balaban J connectivity index is 1.68. The van der Waals surface area contributed by atoms with E-state index in [9.17, 15) is 0 Å². The van der Waals surface area contributed by atoms with Gasteiger partial charge in [-0.05, 0) is 154 Å². The van der Waals surface area contributed by atoms with Gasteiger partial charge in [0.2, 0.25) is 0 Å². The van der Waals surface area contributed by atoms with Crippen molar-refractivity contribution in [3.8, 4) is 23.0 Å². The number of nitrogens with two attached hydrogens (primary N) is 2. The Hall–Kier alpha value is -2.00. The first-order valence-electron chi connectivity index (χ1n) is 11.2. The second-order valence-corrected chi connectivity index (χ2v) is 12.0. The van der Waals surface area contributed by atoms with Crippen molar-refractivity contribution in [1.29, 1.82) is 0 Å². The molecule has 0 unspecified atom stereocenters. The third-order valence-electron chi connectivity index (χ3n) is 6.18. The second-order valence-electron chi connectivity index (χ2n) is 8.57. The lowest BCUT2D eigenvalue weighted by Crippen LogP contribution is -2.23. The van der Waals surface area contributed by atoms with E-state index >= 15 is 0 Å². The molecule has 0 aliphatic heterocycles. The van der Waals surface area contributed by atoms with Gasteiger partial charge >= 0.3 is 0 Å². The average molecular weight is 740 g/mol. The summed E-state index contributed by atoms with van der Waals surface area (Å²) >= 11 is 14.9. The highest BCUT2D eigenvalue weighted by Crippen LogP contribution is 2.47. The highest BCUT2D eigenvalue weighted by molar-refractivity contribution is 9.11. The molecule has 8 heteroatoms. The minimum Gasteiger partial charge on any atom is -0.455 e. The first-order valence-corrected chi connectivity index (χ1v) is 14.3. The van der Waals surface area contributed by atoms with E-state index in [1.807, 2.05) is 48.5 Å². The van der Waals surface area contributed by atoms with Gasteiger partial charge in [0.05, 0.1) is 17.9 Å². The Bertz CT molecular complexity index is 1240. The minimum atomic E-state index is -0.282. The highest BCUT2D eigenvalue weighted by Gasteiger charge is 2.30. The summed E-state index contributed by atoms with van der Waals surface area (Å²) < 4.78 is 15.7. The molecule has 4 aromatic rings. The van der Waals surface area contributed by atoms with Crippen molar-refractivity contribution < 1.29 is 9.47 Å². The maximum atomic E-state index is 6.13. The molecular formula is C28H24Br4N2O2. The fourth-order valence-electron chi connectivity index (χ4n) is 3.83. The van der Waals surface area contributed by atoms with Crippen LogP contribution in [-0.4, -0.2) is 0 Å². The number of hydrogen-bond acceptors (Lipinski definition) is 4. The normalized spacial score (nSPS) is 11.4. The lowest BCUT2D eigenvalue weighted by molar-refractivity contribution is 0.472. The predicted octanol–water partition coefficient (Wildman–Crippen LogP) is 10.2. The summed E-state index contributed by atoms with van der Waals surface area (Å²) in [4.78, 5) is 0. The number of nitrogen functional groups attached to an aromatic ring is 2. The molecule has 4 N–H and O–H groups in total. The van der Waals surface area contributed by atoms with Crippen LogP contribution >= 0.6 is 63.7 Å². The zero-order valence-electron chi connectivity index (χ0n) is 19.6. The lowest BCUT2D eigenvalue weighted by Gasteiger charge is -2.31. The van der Waals surface area contributed by atoms with Gasteiger partial charge in [0.1, 0.15) is 11.5 Å². The van der Waals surface area contributed by atoms with E-state index < -0.39 is 0 Å². The van der Waals surface area contributed by atoms with Crippen LogP contribution < -0.4 is 20.9 Å². The molecule has 0 aromatic heterocycles. The molecule has 0 atom stereocenters. The van der Waals surface area contributed by atoms with E-state index in [0.29, 0.717) is 34.4 Å². The number of hydrogen-bond donors (Lipinski definition) is 2. The fraction of sp³-hybridized carbons (Fsp3) is 0.143. The van der Waals surface area contributed by atoms with Crippen molar-refractivity contribution >= 4 is 75.1 Å². The molecule has 0 heterocycles. The maximum Gasteiger partial charge on any atom is 0.155 e. The topological polar surface area (TPSA) is 70.5 Å². The van der Waals surface area contributed by atoms with Crippen LogP contribution in [0.25, 0.3) is 0 Å². The van der Waals surface area contributed by atoms with E-state index in [2.05, 4.69) is 102 Å². The first kappa shape index (κ1) is 27.0. The van der Waals surface area contributed by atoms with E-state index in [4.69, 9.17) is 20.9 Å². The predicted molar refractivity (Wildman–Crippen MR) is 162 cm³/mol. The molecule has 0 saturated heterocycles. The van der Waals surface area contributed by atoms with Crippen molar-refractivity contribution in [1.82, 2.24) is 0 Å². The zero-order chi connectivity index (χ0) is 26.0. The summed E-state index contributed by atoms with van der Waals surface area (Å²) in [5.74, 6) is 2.83. The van der Waals surface area contributed by atoms with E-state index in [-0.39, 0.29) is 5.41 Å². The third-order valence-corrected chi connectivity index (χ3v) is 8.53. The summed E-state index contributed by atoms with van der Waals surface area (Å²) in [6, 6.07) is 23.1.